The van der Waals surface area contributed by atoms with Crippen LogP contribution in [0, 0.1) is 0 Å². The molecular weight excluding hydrogens is 498 g/mol. The van der Waals surface area contributed by atoms with Crippen LogP contribution in [0.3, 0.4) is 0 Å². The molecule has 1 fully saturated rings. The second kappa shape index (κ2) is 13.1. The first kappa shape index (κ1) is 27.8. The van der Waals surface area contributed by atoms with E-state index in [0.29, 0.717) is 25.2 Å². The number of hydrogen-bond donors (Lipinski definition) is 0. The molecule has 2 aromatic carbocycles. The molecule has 0 bridgehead atoms. The van der Waals surface area contributed by atoms with Crippen molar-refractivity contribution < 1.29 is 23.9 Å². The van der Waals surface area contributed by atoms with Gasteiger partial charge in [-0.1, -0.05) is 12.1 Å². The van der Waals surface area contributed by atoms with Gasteiger partial charge in [-0.25, -0.2) is 4.68 Å². The fourth-order valence-corrected chi connectivity index (χ4v) is 4.56. The normalized spacial score (nSPS) is 15.7. The van der Waals surface area contributed by atoms with Gasteiger partial charge >= 0.3 is 0 Å². The van der Waals surface area contributed by atoms with Gasteiger partial charge in [0.15, 0.2) is 0 Å². The Morgan fingerprint density at radius 1 is 1.03 bits per heavy atom. The summed E-state index contributed by atoms with van der Waals surface area (Å²) in [6.07, 6.45) is 2.98. The van der Waals surface area contributed by atoms with Crippen LogP contribution in [0.25, 0.3) is 5.69 Å². The second-order valence-electron chi connectivity index (χ2n) is 9.30. The number of hydrogen-bond acceptors (Lipinski definition) is 6. The summed E-state index contributed by atoms with van der Waals surface area (Å²) in [6.45, 7) is 5.62. The van der Waals surface area contributed by atoms with Crippen molar-refractivity contribution in [1.82, 2.24) is 24.5 Å². The Labute approximate surface area is 228 Å². The van der Waals surface area contributed by atoms with Gasteiger partial charge in [0, 0.05) is 50.7 Å². The van der Waals surface area contributed by atoms with Crippen molar-refractivity contribution in [3.05, 3.63) is 78.1 Å². The van der Waals surface area contributed by atoms with Crippen molar-refractivity contribution >= 4 is 17.7 Å². The molecule has 3 aromatic rings. The van der Waals surface area contributed by atoms with Gasteiger partial charge in [-0.05, 0) is 61.9 Å². The maximum Gasteiger partial charge on any atom is 0.254 e. The van der Waals surface area contributed by atoms with Crippen LogP contribution in [0.5, 0.6) is 5.75 Å². The number of likely N-dealkylation sites (N-methyl/N-ethyl adjacent to an activating group) is 1. The van der Waals surface area contributed by atoms with Crippen LogP contribution < -0.4 is 4.74 Å². The van der Waals surface area contributed by atoms with Gasteiger partial charge in [0.05, 0.1) is 18.9 Å². The summed E-state index contributed by atoms with van der Waals surface area (Å²) in [5.41, 5.74) is 2.21. The molecule has 1 aliphatic heterocycles. The molecule has 2 heterocycles. The van der Waals surface area contributed by atoms with Gasteiger partial charge < -0.3 is 24.2 Å². The van der Waals surface area contributed by atoms with Crippen LogP contribution in [-0.2, 0) is 20.9 Å². The van der Waals surface area contributed by atoms with Gasteiger partial charge in [-0.3, -0.25) is 14.4 Å². The van der Waals surface area contributed by atoms with Gasteiger partial charge in [-0.15, -0.1) is 0 Å². The third-order valence-corrected chi connectivity index (χ3v) is 6.79. The predicted octanol–water partition coefficient (Wildman–Crippen LogP) is 2.62. The van der Waals surface area contributed by atoms with E-state index in [1.165, 1.54) is 4.90 Å². The molecule has 1 aliphatic rings. The Morgan fingerprint density at radius 2 is 1.74 bits per heavy atom. The molecule has 0 radical (unpaired) electrons. The Hall–Kier alpha value is -4.18. The Morgan fingerprint density at radius 3 is 2.36 bits per heavy atom. The summed E-state index contributed by atoms with van der Waals surface area (Å²) in [4.78, 5) is 44.4. The van der Waals surface area contributed by atoms with E-state index in [1.807, 2.05) is 62.5 Å². The number of carbonyl (C=O) groups excluding carboxylic acids is 3. The van der Waals surface area contributed by atoms with Crippen LogP contribution in [0.4, 0.5) is 0 Å². The first-order valence-electron chi connectivity index (χ1n) is 13.1. The van der Waals surface area contributed by atoms with E-state index in [-0.39, 0.29) is 44.0 Å². The third kappa shape index (κ3) is 7.02. The lowest BCUT2D eigenvalue weighted by atomic mass is 10.1. The molecule has 0 N–H and O–H groups in total. The fraction of sp³-hybridized carbons (Fsp3) is 0.379. The van der Waals surface area contributed by atoms with Crippen molar-refractivity contribution in [1.29, 1.82) is 0 Å². The van der Waals surface area contributed by atoms with Crippen molar-refractivity contribution in [3.63, 3.8) is 0 Å². The van der Waals surface area contributed by atoms with Crippen LogP contribution in [0.2, 0.25) is 0 Å². The van der Waals surface area contributed by atoms with E-state index >= 15 is 0 Å². The standard InChI is InChI=1S/C29H35N5O5/c1-4-31(5-2)28(36)21-39-26-18-32(17-22-7-13-25(38-3)14-8-22)27(35)20-33(19-26)29(37)23-9-11-24(12-10-23)34-16-6-15-30-34/h6-16,26H,4-5,17-21H2,1-3H3/t26-/m0/s1. The second-order valence-corrected chi connectivity index (χ2v) is 9.30. The molecular formula is C29H35N5O5. The summed E-state index contributed by atoms with van der Waals surface area (Å²) in [7, 11) is 1.60. The monoisotopic (exact) mass is 533 g/mol. The molecule has 206 valence electrons. The molecule has 0 saturated carbocycles. The maximum absolute atomic E-state index is 13.5. The van der Waals surface area contributed by atoms with Crippen LogP contribution in [0.1, 0.15) is 29.8 Å². The highest BCUT2D eigenvalue weighted by molar-refractivity contribution is 5.97. The molecule has 1 aromatic heterocycles. The first-order chi connectivity index (χ1) is 18.9. The number of rotatable bonds is 10. The lowest BCUT2D eigenvalue weighted by Crippen LogP contribution is -2.41. The molecule has 4 rings (SSSR count). The minimum Gasteiger partial charge on any atom is -0.497 e. The Balaban J connectivity index is 1.52. The molecule has 39 heavy (non-hydrogen) atoms. The zero-order valence-corrected chi connectivity index (χ0v) is 22.7. The summed E-state index contributed by atoms with van der Waals surface area (Å²) < 4.78 is 13.0. The summed E-state index contributed by atoms with van der Waals surface area (Å²) >= 11 is 0. The van der Waals surface area contributed by atoms with Crippen LogP contribution in [-0.4, -0.2) is 94.7 Å². The fourth-order valence-electron chi connectivity index (χ4n) is 4.56. The highest BCUT2D eigenvalue weighted by Gasteiger charge is 2.32. The topological polar surface area (TPSA) is 97.2 Å². The Kier molecular flexibility index (Phi) is 9.32. The molecule has 1 saturated heterocycles. The highest BCUT2D eigenvalue weighted by atomic mass is 16.5. The molecule has 0 spiro atoms. The number of nitrogens with zero attached hydrogens (tertiary/aromatic N) is 5. The molecule has 10 heteroatoms. The minimum atomic E-state index is -0.526. The zero-order valence-electron chi connectivity index (χ0n) is 22.7. The third-order valence-electron chi connectivity index (χ3n) is 6.79. The number of amides is 3. The molecule has 1 atom stereocenters. The van der Waals surface area contributed by atoms with Gasteiger partial charge in [0.2, 0.25) is 11.8 Å². The van der Waals surface area contributed by atoms with E-state index < -0.39 is 6.10 Å². The zero-order chi connectivity index (χ0) is 27.8. The number of methoxy groups -OCH3 is 1. The van der Waals surface area contributed by atoms with Gasteiger partial charge in [0.25, 0.3) is 5.91 Å². The van der Waals surface area contributed by atoms with Crippen LogP contribution in [0.15, 0.2) is 67.0 Å². The maximum atomic E-state index is 13.5. The minimum absolute atomic E-state index is 0.0836. The molecule has 10 nitrogen and oxygen atoms in total. The lowest BCUT2D eigenvalue weighted by molar-refractivity contribution is -0.138. The van der Waals surface area contributed by atoms with Crippen LogP contribution >= 0.6 is 0 Å². The van der Waals surface area contributed by atoms with Crippen molar-refractivity contribution in [3.8, 4) is 11.4 Å². The van der Waals surface area contributed by atoms with Gasteiger partial charge in [0.1, 0.15) is 18.9 Å². The van der Waals surface area contributed by atoms with Crippen molar-refractivity contribution in [2.45, 2.75) is 26.5 Å². The quantitative estimate of drug-likeness (QED) is 0.398. The number of aromatic nitrogens is 2. The lowest BCUT2D eigenvalue weighted by Gasteiger charge is -2.26. The van der Waals surface area contributed by atoms with E-state index in [1.54, 1.807) is 39.9 Å². The molecule has 0 unspecified atom stereocenters. The largest absolute Gasteiger partial charge is 0.497 e. The average Bonchev–Trinajstić information content (AvgIpc) is 3.46. The highest BCUT2D eigenvalue weighted by Crippen LogP contribution is 2.18. The van der Waals surface area contributed by atoms with E-state index in [0.717, 1.165) is 17.0 Å². The van der Waals surface area contributed by atoms with Gasteiger partial charge in [-0.2, -0.15) is 5.10 Å². The van der Waals surface area contributed by atoms with E-state index in [2.05, 4.69) is 5.10 Å². The molecule has 3 amide bonds. The number of benzene rings is 2. The number of carbonyl (C=O) groups is 3. The molecule has 0 aliphatic carbocycles. The predicted molar refractivity (Wildman–Crippen MR) is 146 cm³/mol. The average molecular weight is 534 g/mol. The summed E-state index contributed by atoms with van der Waals surface area (Å²) in [6, 6.07) is 16.4. The van der Waals surface area contributed by atoms with E-state index in [4.69, 9.17) is 9.47 Å². The summed E-state index contributed by atoms with van der Waals surface area (Å²) in [5.74, 6) is 0.149. The Bertz CT molecular complexity index is 1240. The first-order valence-corrected chi connectivity index (χ1v) is 13.1. The van der Waals surface area contributed by atoms with Crippen molar-refractivity contribution in [2.24, 2.45) is 0 Å². The summed E-state index contributed by atoms with van der Waals surface area (Å²) in [5, 5.41) is 4.21. The smallest absolute Gasteiger partial charge is 0.254 e. The SMILES string of the molecule is CCN(CC)C(=O)CO[C@H]1CN(Cc2ccc(OC)cc2)C(=O)CN(C(=O)c2ccc(-n3cccn3)cc2)C1. The number of ether oxygens (including phenoxy) is 2. The van der Waals surface area contributed by atoms with Crippen molar-refractivity contribution in [2.75, 3.05) is 46.4 Å². The van der Waals surface area contributed by atoms with E-state index in [9.17, 15) is 14.4 Å².